The lowest BCUT2D eigenvalue weighted by Gasteiger charge is -2.13. The van der Waals surface area contributed by atoms with E-state index in [2.05, 4.69) is 15.6 Å². The number of hydrogen-bond acceptors (Lipinski definition) is 2. The molecule has 0 saturated carbocycles. The van der Waals surface area contributed by atoms with Crippen LogP contribution in [0.4, 0.5) is 5.69 Å². The number of fused-ring (bicyclic) bond motifs is 1. The third-order valence-corrected chi connectivity index (χ3v) is 5.39. The van der Waals surface area contributed by atoms with Crippen LogP contribution in [0.5, 0.6) is 0 Å². The van der Waals surface area contributed by atoms with Crippen LogP contribution in [0, 0.1) is 5.92 Å². The summed E-state index contributed by atoms with van der Waals surface area (Å²) in [7, 11) is 0. The maximum atomic E-state index is 12.5. The molecular weight excluding hydrogens is 386 g/mol. The van der Waals surface area contributed by atoms with Crippen molar-refractivity contribution in [2.24, 2.45) is 5.92 Å². The molecule has 0 radical (unpaired) electrons. The smallest absolute Gasteiger partial charge is 0.251 e. The molecule has 0 aliphatic rings. The Morgan fingerprint density at radius 1 is 1.10 bits per heavy atom. The van der Waals surface area contributed by atoms with Crippen molar-refractivity contribution >= 4 is 40.0 Å². The van der Waals surface area contributed by atoms with Crippen molar-refractivity contribution in [2.45, 2.75) is 33.1 Å². The van der Waals surface area contributed by atoms with E-state index in [1.165, 1.54) is 0 Å². The molecule has 0 fully saturated rings. The molecule has 3 N–H and O–H groups in total. The van der Waals surface area contributed by atoms with E-state index in [-0.39, 0.29) is 17.7 Å². The molecule has 5 nitrogen and oxygen atoms in total. The number of carbonyl (C=O) groups is 2. The van der Waals surface area contributed by atoms with Gasteiger partial charge in [-0.15, -0.1) is 0 Å². The van der Waals surface area contributed by atoms with Crippen LogP contribution in [0.3, 0.4) is 0 Å². The molecule has 0 unspecified atom stereocenters. The van der Waals surface area contributed by atoms with E-state index in [1.54, 1.807) is 24.3 Å². The molecule has 152 valence electrons. The minimum Gasteiger partial charge on any atom is -0.361 e. The fourth-order valence-electron chi connectivity index (χ4n) is 3.41. The molecule has 6 heteroatoms. The maximum absolute atomic E-state index is 12.5. The average Bonchev–Trinajstić information content (AvgIpc) is 3.11. The van der Waals surface area contributed by atoms with Crippen molar-refractivity contribution in [3.8, 4) is 0 Å². The van der Waals surface area contributed by atoms with Gasteiger partial charge in [0.2, 0.25) is 5.91 Å². The second-order valence-electron chi connectivity index (χ2n) is 7.09. The van der Waals surface area contributed by atoms with E-state index in [1.807, 2.05) is 38.2 Å². The molecule has 0 atom stereocenters. The van der Waals surface area contributed by atoms with Gasteiger partial charge in [-0.25, -0.2) is 0 Å². The minimum absolute atomic E-state index is 0.00875. The predicted molar refractivity (Wildman–Crippen MR) is 118 cm³/mol. The van der Waals surface area contributed by atoms with Gasteiger partial charge in [0.15, 0.2) is 0 Å². The number of aromatic amines is 1. The highest BCUT2D eigenvalue weighted by Crippen LogP contribution is 2.22. The molecule has 0 spiro atoms. The number of aromatic nitrogens is 1. The molecule has 3 aromatic rings. The molecule has 0 aliphatic heterocycles. The number of H-pyrrole nitrogens is 1. The fraction of sp³-hybridized carbons (Fsp3) is 0.304. The SMILES string of the molecule is CCC(CC)C(=O)Nc1cccc(C(=O)NCCc2c[nH]c3ccc(Cl)cc23)c1. The van der Waals surface area contributed by atoms with Crippen molar-refractivity contribution in [3.05, 3.63) is 64.8 Å². The zero-order valence-electron chi connectivity index (χ0n) is 16.7. The summed E-state index contributed by atoms with van der Waals surface area (Å²) in [6, 6.07) is 12.7. The van der Waals surface area contributed by atoms with Crippen LogP contribution >= 0.6 is 11.6 Å². The van der Waals surface area contributed by atoms with E-state index in [0.717, 1.165) is 29.3 Å². The largest absolute Gasteiger partial charge is 0.361 e. The summed E-state index contributed by atoms with van der Waals surface area (Å²) >= 11 is 6.09. The van der Waals surface area contributed by atoms with Gasteiger partial charge in [-0.3, -0.25) is 9.59 Å². The quantitative estimate of drug-likeness (QED) is 0.478. The highest BCUT2D eigenvalue weighted by molar-refractivity contribution is 6.31. The molecule has 2 amide bonds. The van der Waals surface area contributed by atoms with Gasteiger partial charge >= 0.3 is 0 Å². The number of nitrogens with one attached hydrogen (secondary N) is 3. The molecule has 0 saturated heterocycles. The van der Waals surface area contributed by atoms with E-state index >= 15 is 0 Å². The molecular formula is C23H26ClN3O2. The van der Waals surface area contributed by atoms with E-state index in [9.17, 15) is 9.59 Å². The molecule has 1 aromatic heterocycles. The number of rotatable bonds is 8. The van der Waals surface area contributed by atoms with Gasteiger partial charge in [0.05, 0.1) is 0 Å². The Balaban J connectivity index is 1.59. The summed E-state index contributed by atoms with van der Waals surface area (Å²) in [5.74, 6) is -0.191. The first-order chi connectivity index (χ1) is 14.0. The normalized spacial score (nSPS) is 11.0. The first-order valence-corrected chi connectivity index (χ1v) is 10.3. The zero-order chi connectivity index (χ0) is 20.8. The average molecular weight is 412 g/mol. The van der Waals surface area contributed by atoms with Crippen LogP contribution in [-0.4, -0.2) is 23.3 Å². The van der Waals surface area contributed by atoms with Gasteiger partial charge in [-0.2, -0.15) is 0 Å². The van der Waals surface area contributed by atoms with Crippen molar-refractivity contribution in [1.29, 1.82) is 0 Å². The number of hydrogen-bond donors (Lipinski definition) is 3. The van der Waals surface area contributed by atoms with Gasteiger partial charge in [0.1, 0.15) is 0 Å². The van der Waals surface area contributed by atoms with Crippen LogP contribution in [0.1, 0.15) is 42.6 Å². The second kappa shape index (κ2) is 9.61. The van der Waals surface area contributed by atoms with E-state index < -0.39 is 0 Å². The Morgan fingerprint density at radius 3 is 2.66 bits per heavy atom. The summed E-state index contributed by atoms with van der Waals surface area (Å²) in [6.07, 6.45) is 4.22. The third-order valence-electron chi connectivity index (χ3n) is 5.16. The summed E-state index contributed by atoms with van der Waals surface area (Å²) in [5, 5.41) is 7.61. The Kier molecular flexibility index (Phi) is 6.94. The Hall–Kier alpha value is -2.79. The summed E-state index contributed by atoms with van der Waals surface area (Å²) in [4.78, 5) is 28.0. The van der Waals surface area contributed by atoms with Crippen LogP contribution in [0.25, 0.3) is 10.9 Å². The topological polar surface area (TPSA) is 74.0 Å². The van der Waals surface area contributed by atoms with Crippen molar-refractivity contribution < 1.29 is 9.59 Å². The van der Waals surface area contributed by atoms with E-state index in [4.69, 9.17) is 11.6 Å². The summed E-state index contributed by atoms with van der Waals surface area (Å²) in [6.45, 7) is 4.50. The molecule has 3 rings (SSSR count). The highest BCUT2D eigenvalue weighted by atomic mass is 35.5. The van der Waals surface area contributed by atoms with Gasteiger partial charge < -0.3 is 15.6 Å². The lowest BCUT2D eigenvalue weighted by atomic mass is 10.0. The van der Waals surface area contributed by atoms with Crippen LogP contribution in [0.15, 0.2) is 48.7 Å². The number of benzene rings is 2. The standard InChI is InChI=1S/C23H26ClN3O2/c1-3-15(4-2)23(29)27-19-7-5-6-16(12-19)22(28)25-11-10-17-14-26-21-9-8-18(24)13-20(17)21/h5-9,12-15,26H,3-4,10-11H2,1-2H3,(H,25,28)(H,27,29). The van der Waals surface area contributed by atoms with Crippen LogP contribution in [0.2, 0.25) is 5.02 Å². The summed E-state index contributed by atoms with van der Waals surface area (Å²) in [5.41, 5.74) is 3.29. The summed E-state index contributed by atoms with van der Waals surface area (Å²) < 4.78 is 0. The zero-order valence-corrected chi connectivity index (χ0v) is 17.5. The monoisotopic (exact) mass is 411 g/mol. The van der Waals surface area contributed by atoms with Crippen molar-refractivity contribution in [2.75, 3.05) is 11.9 Å². The molecule has 0 bridgehead atoms. The Labute approximate surface area is 175 Å². The third kappa shape index (κ3) is 5.18. The molecule has 1 heterocycles. The first-order valence-electron chi connectivity index (χ1n) is 9.96. The number of carbonyl (C=O) groups excluding carboxylic acids is 2. The Bertz CT molecular complexity index is 1010. The predicted octanol–water partition coefficient (Wildman–Crippen LogP) is 5.17. The van der Waals surface area contributed by atoms with Crippen LogP contribution in [-0.2, 0) is 11.2 Å². The van der Waals surface area contributed by atoms with Gasteiger partial charge in [-0.05, 0) is 61.2 Å². The number of halogens is 1. The van der Waals surface area contributed by atoms with Gasteiger partial charge in [-0.1, -0.05) is 31.5 Å². The fourth-order valence-corrected chi connectivity index (χ4v) is 3.58. The molecule has 2 aromatic carbocycles. The van der Waals surface area contributed by atoms with Gasteiger partial charge in [0, 0.05) is 45.8 Å². The number of amides is 2. The molecule has 29 heavy (non-hydrogen) atoms. The van der Waals surface area contributed by atoms with E-state index in [0.29, 0.717) is 29.2 Å². The maximum Gasteiger partial charge on any atom is 0.251 e. The second-order valence-corrected chi connectivity index (χ2v) is 7.53. The van der Waals surface area contributed by atoms with Crippen molar-refractivity contribution in [1.82, 2.24) is 10.3 Å². The number of anilines is 1. The minimum atomic E-state index is -0.165. The molecule has 0 aliphatic carbocycles. The lowest BCUT2D eigenvalue weighted by molar-refractivity contribution is -0.120. The van der Waals surface area contributed by atoms with Crippen molar-refractivity contribution in [3.63, 3.8) is 0 Å². The van der Waals surface area contributed by atoms with Gasteiger partial charge in [0.25, 0.3) is 5.91 Å². The highest BCUT2D eigenvalue weighted by Gasteiger charge is 2.15. The first kappa shape index (κ1) is 20.9. The Morgan fingerprint density at radius 2 is 1.90 bits per heavy atom. The van der Waals surface area contributed by atoms with Crippen LogP contribution < -0.4 is 10.6 Å². The lowest BCUT2D eigenvalue weighted by Crippen LogP contribution is -2.26.